The standard InChI is InChI=1S/C11H13IN4OS/c1-15(7-2-4-8(17)5-3-7)11-14-16-6-9(12)13-10(16)18-11/h6-7H,2-5H2,1H3. The van der Waals surface area contributed by atoms with Crippen LogP contribution in [-0.2, 0) is 4.79 Å². The summed E-state index contributed by atoms with van der Waals surface area (Å²) >= 11 is 3.79. The Kier molecular flexibility index (Phi) is 3.27. The zero-order valence-electron chi connectivity index (χ0n) is 9.97. The van der Waals surface area contributed by atoms with Crippen LogP contribution in [0.3, 0.4) is 0 Å². The molecule has 2 aromatic rings. The van der Waals surface area contributed by atoms with Crippen LogP contribution < -0.4 is 4.90 Å². The van der Waals surface area contributed by atoms with Crippen molar-refractivity contribution in [3.8, 4) is 0 Å². The van der Waals surface area contributed by atoms with Gasteiger partial charge in [0.2, 0.25) is 10.1 Å². The van der Waals surface area contributed by atoms with Gasteiger partial charge in [-0.1, -0.05) is 11.3 Å². The smallest absolute Gasteiger partial charge is 0.214 e. The van der Waals surface area contributed by atoms with Crippen LogP contribution >= 0.6 is 33.9 Å². The molecule has 0 bridgehead atoms. The fourth-order valence-corrected chi connectivity index (χ4v) is 3.85. The molecule has 0 saturated heterocycles. The van der Waals surface area contributed by atoms with Crippen molar-refractivity contribution in [1.82, 2.24) is 14.6 Å². The van der Waals surface area contributed by atoms with Crippen molar-refractivity contribution < 1.29 is 4.79 Å². The van der Waals surface area contributed by atoms with Gasteiger partial charge in [0.05, 0.1) is 6.20 Å². The highest BCUT2D eigenvalue weighted by Crippen LogP contribution is 2.28. The highest BCUT2D eigenvalue weighted by molar-refractivity contribution is 14.1. The van der Waals surface area contributed by atoms with E-state index in [1.807, 2.05) is 10.7 Å². The minimum atomic E-state index is 0.392. The van der Waals surface area contributed by atoms with Crippen LogP contribution in [0.5, 0.6) is 0 Å². The summed E-state index contributed by atoms with van der Waals surface area (Å²) in [6, 6.07) is 0.428. The van der Waals surface area contributed by atoms with Gasteiger partial charge in [-0.15, -0.1) is 5.10 Å². The van der Waals surface area contributed by atoms with Crippen LogP contribution in [0.2, 0.25) is 0 Å². The first-order chi connectivity index (χ1) is 8.63. The molecule has 0 amide bonds. The summed E-state index contributed by atoms with van der Waals surface area (Å²) in [4.78, 5) is 18.8. The third-order valence-electron chi connectivity index (χ3n) is 3.37. The molecule has 1 fully saturated rings. The molecule has 1 saturated carbocycles. The molecule has 0 aliphatic heterocycles. The first kappa shape index (κ1) is 12.3. The number of rotatable bonds is 2. The van der Waals surface area contributed by atoms with E-state index < -0.39 is 0 Å². The molecular formula is C11H13IN4OS. The molecule has 1 aliphatic carbocycles. The summed E-state index contributed by atoms with van der Waals surface area (Å²) in [5.41, 5.74) is 0. The Hall–Kier alpha value is -0.700. The van der Waals surface area contributed by atoms with E-state index in [0.29, 0.717) is 24.7 Å². The maximum Gasteiger partial charge on any atom is 0.214 e. The Morgan fingerprint density at radius 2 is 2.22 bits per heavy atom. The number of nitrogens with zero attached hydrogens (tertiary/aromatic N) is 4. The lowest BCUT2D eigenvalue weighted by Crippen LogP contribution is -2.35. The summed E-state index contributed by atoms with van der Waals surface area (Å²) in [6.07, 6.45) is 5.21. The summed E-state index contributed by atoms with van der Waals surface area (Å²) in [6.45, 7) is 0. The number of carbonyl (C=O) groups excluding carboxylic acids is 1. The Morgan fingerprint density at radius 1 is 1.50 bits per heavy atom. The second-order valence-electron chi connectivity index (χ2n) is 4.56. The molecule has 0 unspecified atom stereocenters. The lowest BCUT2D eigenvalue weighted by molar-refractivity contribution is -0.120. The number of aromatic nitrogens is 3. The number of ketones is 1. The summed E-state index contributed by atoms with van der Waals surface area (Å²) in [7, 11) is 2.06. The van der Waals surface area contributed by atoms with E-state index in [0.717, 1.165) is 26.6 Å². The molecule has 2 heterocycles. The van der Waals surface area contributed by atoms with E-state index in [2.05, 4.69) is 44.6 Å². The van der Waals surface area contributed by atoms with Gasteiger partial charge < -0.3 is 4.90 Å². The molecule has 2 aromatic heterocycles. The summed E-state index contributed by atoms with van der Waals surface area (Å²) in [5, 5.41) is 5.52. The van der Waals surface area contributed by atoms with Crippen molar-refractivity contribution in [1.29, 1.82) is 0 Å². The number of hydrogen-bond acceptors (Lipinski definition) is 5. The largest absolute Gasteiger partial charge is 0.347 e. The molecule has 96 valence electrons. The van der Waals surface area contributed by atoms with Crippen molar-refractivity contribution in [2.24, 2.45) is 0 Å². The molecule has 3 rings (SSSR count). The Morgan fingerprint density at radius 3 is 2.89 bits per heavy atom. The monoisotopic (exact) mass is 376 g/mol. The van der Waals surface area contributed by atoms with Gasteiger partial charge in [0.25, 0.3) is 0 Å². The molecule has 0 N–H and O–H groups in total. The SMILES string of the molecule is CN(c1nn2cc(I)nc2s1)C1CCC(=O)CC1. The molecular weight excluding hydrogens is 363 g/mol. The first-order valence-corrected chi connectivity index (χ1v) is 7.79. The zero-order chi connectivity index (χ0) is 12.7. The highest BCUT2D eigenvalue weighted by atomic mass is 127. The lowest BCUT2D eigenvalue weighted by Gasteiger charge is -2.29. The topological polar surface area (TPSA) is 50.5 Å². The third-order valence-corrected chi connectivity index (χ3v) is 4.90. The molecule has 7 heteroatoms. The number of imidazole rings is 1. The predicted molar refractivity (Wildman–Crippen MR) is 79.2 cm³/mol. The Balaban J connectivity index is 1.80. The number of fused-ring (bicyclic) bond motifs is 1. The van der Waals surface area contributed by atoms with Gasteiger partial charge in [0.15, 0.2) is 0 Å². The number of carbonyl (C=O) groups is 1. The average molecular weight is 376 g/mol. The second-order valence-corrected chi connectivity index (χ2v) is 6.60. The maximum absolute atomic E-state index is 11.3. The van der Waals surface area contributed by atoms with Crippen molar-refractivity contribution in [3.63, 3.8) is 0 Å². The zero-order valence-corrected chi connectivity index (χ0v) is 12.9. The van der Waals surface area contributed by atoms with E-state index >= 15 is 0 Å². The normalized spacial score (nSPS) is 17.6. The molecule has 0 radical (unpaired) electrons. The highest BCUT2D eigenvalue weighted by Gasteiger charge is 2.24. The Bertz CT molecular complexity index is 551. The van der Waals surface area contributed by atoms with Gasteiger partial charge in [-0.2, -0.15) is 0 Å². The maximum atomic E-state index is 11.3. The van der Waals surface area contributed by atoms with E-state index in [1.54, 1.807) is 11.3 Å². The number of hydrogen-bond donors (Lipinski definition) is 0. The minimum Gasteiger partial charge on any atom is -0.347 e. The Labute approximate surface area is 122 Å². The third kappa shape index (κ3) is 2.25. The van der Waals surface area contributed by atoms with Gasteiger partial charge in [0.1, 0.15) is 9.48 Å². The first-order valence-electron chi connectivity index (χ1n) is 5.90. The molecule has 5 nitrogen and oxygen atoms in total. The molecule has 0 aromatic carbocycles. The molecule has 1 aliphatic rings. The fourth-order valence-electron chi connectivity index (χ4n) is 2.27. The van der Waals surface area contributed by atoms with E-state index in [4.69, 9.17) is 0 Å². The van der Waals surface area contributed by atoms with Crippen LogP contribution in [0.4, 0.5) is 5.13 Å². The number of anilines is 1. The van der Waals surface area contributed by atoms with Gasteiger partial charge in [-0.05, 0) is 35.4 Å². The van der Waals surface area contributed by atoms with Gasteiger partial charge >= 0.3 is 0 Å². The summed E-state index contributed by atoms with van der Waals surface area (Å²) < 4.78 is 2.79. The van der Waals surface area contributed by atoms with Gasteiger partial charge in [-0.25, -0.2) is 9.50 Å². The van der Waals surface area contributed by atoms with E-state index in [1.165, 1.54) is 0 Å². The van der Waals surface area contributed by atoms with Crippen LogP contribution in [-0.4, -0.2) is 33.5 Å². The quantitative estimate of drug-likeness (QED) is 0.756. The second kappa shape index (κ2) is 4.76. The predicted octanol–water partition coefficient (Wildman–Crippen LogP) is 2.34. The lowest BCUT2D eigenvalue weighted by atomic mass is 9.94. The minimum absolute atomic E-state index is 0.392. The van der Waals surface area contributed by atoms with Crippen molar-refractivity contribution in [2.45, 2.75) is 31.7 Å². The van der Waals surface area contributed by atoms with E-state index in [-0.39, 0.29) is 0 Å². The van der Waals surface area contributed by atoms with Crippen molar-refractivity contribution in [2.75, 3.05) is 11.9 Å². The number of Topliss-reactive ketones (excluding diaryl/α,β-unsaturated/α-hetero) is 1. The van der Waals surface area contributed by atoms with Crippen LogP contribution in [0, 0.1) is 3.70 Å². The van der Waals surface area contributed by atoms with Gasteiger partial charge in [0, 0.05) is 25.9 Å². The molecule has 18 heavy (non-hydrogen) atoms. The molecule has 0 spiro atoms. The van der Waals surface area contributed by atoms with Crippen molar-refractivity contribution >= 4 is 49.8 Å². The van der Waals surface area contributed by atoms with Gasteiger partial charge in [-0.3, -0.25) is 4.79 Å². The van der Waals surface area contributed by atoms with Crippen LogP contribution in [0.15, 0.2) is 6.20 Å². The summed E-state index contributed by atoms with van der Waals surface area (Å²) in [5.74, 6) is 0.392. The average Bonchev–Trinajstić information content (AvgIpc) is 2.86. The van der Waals surface area contributed by atoms with Crippen molar-refractivity contribution in [3.05, 3.63) is 9.90 Å². The molecule has 0 atom stereocenters. The van der Waals surface area contributed by atoms with E-state index in [9.17, 15) is 4.79 Å². The number of halogens is 1. The van der Waals surface area contributed by atoms with Crippen LogP contribution in [0.1, 0.15) is 25.7 Å². The fraction of sp³-hybridized carbons (Fsp3) is 0.545. The van der Waals surface area contributed by atoms with Crippen LogP contribution in [0.25, 0.3) is 4.96 Å².